The molecule has 1 aromatic heterocycles. The number of aliphatic hydroxyl groups is 2. The minimum absolute atomic E-state index is 0.278. The third-order valence-corrected chi connectivity index (χ3v) is 5.99. The van der Waals surface area contributed by atoms with Gasteiger partial charge in [0, 0.05) is 6.54 Å². The highest BCUT2D eigenvalue weighted by Gasteiger charge is 2.49. The van der Waals surface area contributed by atoms with Crippen LogP contribution in [-0.2, 0) is 17.9 Å². The van der Waals surface area contributed by atoms with Crippen LogP contribution in [0.4, 0.5) is 0 Å². The summed E-state index contributed by atoms with van der Waals surface area (Å²) in [4.78, 5) is 4.32. The molecule has 2 fully saturated rings. The standard InChI is InChI=1S/C19H25N5O4S/c1-3-20-19-21-15-17(26)16(25)14(28-18(15)29-19)9-24-8-12(22-23-24)10-27-13-6-4-11(2)5-7-13/h4-8,14-18,25-26H,3,9-10H2,1-2H3,(H,20,21). The van der Waals surface area contributed by atoms with Gasteiger partial charge in [-0.15, -0.1) is 5.10 Å². The fraction of sp³-hybridized carbons (Fsp3) is 0.526. The molecule has 4 rings (SSSR count). The molecule has 0 radical (unpaired) electrons. The van der Waals surface area contributed by atoms with Gasteiger partial charge in [0.2, 0.25) is 0 Å². The first kappa shape index (κ1) is 20.1. The van der Waals surface area contributed by atoms with E-state index in [2.05, 4.69) is 20.6 Å². The van der Waals surface area contributed by atoms with Gasteiger partial charge >= 0.3 is 0 Å². The highest BCUT2D eigenvalue weighted by Crippen LogP contribution is 2.34. The van der Waals surface area contributed by atoms with Crippen molar-refractivity contribution in [2.45, 2.75) is 56.8 Å². The van der Waals surface area contributed by atoms with Gasteiger partial charge in [0.15, 0.2) is 5.17 Å². The van der Waals surface area contributed by atoms with E-state index in [0.717, 1.165) is 10.9 Å². The van der Waals surface area contributed by atoms with Crippen molar-refractivity contribution in [2.75, 3.05) is 6.54 Å². The molecule has 3 heterocycles. The van der Waals surface area contributed by atoms with Crippen LogP contribution in [0, 0.1) is 6.92 Å². The Labute approximate surface area is 173 Å². The number of ether oxygens (including phenoxy) is 2. The third kappa shape index (κ3) is 4.55. The van der Waals surface area contributed by atoms with Crippen LogP contribution in [0.2, 0.25) is 0 Å². The molecule has 0 spiro atoms. The molecule has 1 aromatic carbocycles. The molecule has 5 atom stereocenters. The molecule has 10 heteroatoms. The molecule has 156 valence electrons. The van der Waals surface area contributed by atoms with E-state index in [9.17, 15) is 10.2 Å². The number of aryl methyl sites for hydroxylation is 1. The first-order chi connectivity index (χ1) is 14.0. The molecular weight excluding hydrogens is 394 g/mol. The van der Waals surface area contributed by atoms with E-state index >= 15 is 0 Å². The first-order valence-electron chi connectivity index (χ1n) is 9.61. The van der Waals surface area contributed by atoms with Crippen LogP contribution >= 0.6 is 11.8 Å². The normalized spacial score (nSPS) is 30.2. The number of aliphatic hydroxyl groups excluding tert-OH is 2. The Morgan fingerprint density at radius 3 is 2.83 bits per heavy atom. The molecule has 0 aliphatic carbocycles. The molecule has 3 N–H and O–H groups in total. The lowest BCUT2D eigenvalue weighted by atomic mass is 9.98. The highest BCUT2D eigenvalue weighted by molar-refractivity contribution is 8.14. The highest BCUT2D eigenvalue weighted by atomic mass is 32.2. The number of benzene rings is 1. The summed E-state index contributed by atoms with van der Waals surface area (Å²) in [6.45, 7) is 5.18. The molecule has 0 saturated carbocycles. The van der Waals surface area contributed by atoms with Crippen molar-refractivity contribution in [1.29, 1.82) is 0 Å². The molecule has 2 aromatic rings. The second-order valence-corrected chi connectivity index (χ2v) is 8.21. The van der Waals surface area contributed by atoms with E-state index in [-0.39, 0.29) is 18.0 Å². The van der Waals surface area contributed by atoms with Crippen molar-refractivity contribution in [2.24, 2.45) is 4.99 Å². The first-order valence-corrected chi connectivity index (χ1v) is 10.5. The molecule has 9 nitrogen and oxygen atoms in total. The summed E-state index contributed by atoms with van der Waals surface area (Å²) in [6.07, 6.45) is -0.841. The average Bonchev–Trinajstić information content (AvgIpc) is 3.32. The van der Waals surface area contributed by atoms with Crippen molar-refractivity contribution in [3.05, 3.63) is 41.7 Å². The van der Waals surface area contributed by atoms with Gasteiger partial charge in [-0.2, -0.15) is 0 Å². The Morgan fingerprint density at radius 1 is 1.28 bits per heavy atom. The van der Waals surface area contributed by atoms with Crippen LogP contribution in [0.25, 0.3) is 0 Å². The van der Waals surface area contributed by atoms with Crippen LogP contribution in [-0.4, -0.2) is 66.7 Å². The number of fused-ring (bicyclic) bond motifs is 1. The Hall–Kier alpha value is -2.14. The average molecular weight is 420 g/mol. The number of hydrogen-bond acceptors (Lipinski definition) is 8. The lowest BCUT2D eigenvalue weighted by Gasteiger charge is -2.38. The Balaban J connectivity index is 1.35. The minimum Gasteiger partial charge on any atom is -0.487 e. The number of nitrogens with zero attached hydrogens (tertiary/aromatic N) is 4. The minimum atomic E-state index is -1.04. The fourth-order valence-corrected chi connectivity index (χ4v) is 4.52. The number of aliphatic imine (C=N–C) groups is 1. The molecule has 2 aliphatic rings. The molecule has 0 amide bonds. The van der Waals surface area contributed by atoms with E-state index in [4.69, 9.17) is 9.47 Å². The zero-order chi connectivity index (χ0) is 20.4. The maximum atomic E-state index is 10.5. The maximum absolute atomic E-state index is 10.5. The van der Waals surface area contributed by atoms with Crippen LogP contribution in [0.15, 0.2) is 35.5 Å². The van der Waals surface area contributed by atoms with Gasteiger partial charge in [0.1, 0.15) is 41.8 Å². The van der Waals surface area contributed by atoms with Gasteiger partial charge in [-0.3, -0.25) is 4.99 Å². The second-order valence-electron chi connectivity index (χ2n) is 7.13. The fourth-order valence-electron chi connectivity index (χ4n) is 3.32. The van der Waals surface area contributed by atoms with Gasteiger partial charge in [-0.05, 0) is 26.0 Å². The van der Waals surface area contributed by atoms with Gasteiger partial charge in [-0.1, -0.05) is 34.7 Å². The Kier molecular flexibility index (Phi) is 6.04. The smallest absolute Gasteiger partial charge is 0.159 e. The summed E-state index contributed by atoms with van der Waals surface area (Å²) in [5, 5.41) is 33.0. The van der Waals surface area contributed by atoms with E-state index in [1.54, 1.807) is 10.9 Å². The summed E-state index contributed by atoms with van der Waals surface area (Å²) in [5.41, 5.74) is 1.53. The number of nitrogens with one attached hydrogen (secondary N) is 1. The van der Waals surface area contributed by atoms with Gasteiger partial charge in [0.25, 0.3) is 0 Å². The third-order valence-electron chi connectivity index (χ3n) is 4.88. The van der Waals surface area contributed by atoms with Crippen LogP contribution in [0.1, 0.15) is 18.2 Å². The molecule has 2 saturated heterocycles. The van der Waals surface area contributed by atoms with Crippen LogP contribution in [0.5, 0.6) is 5.75 Å². The number of hydrogen-bond donors (Lipinski definition) is 3. The topological polar surface area (TPSA) is 114 Å². The van der Waals surface area contributed by atoms with E-state index in [1.807, 2.05) is 38.1 Å². The Morgan fingerprint density at radius 2 is 2.07 bits per heavy atom. The number of rotatable bonds is 6. The van der Waals surface area contributed by atoms with E-state index in [1.165, 1.54) is 17.3 Å². The quantitative estimate of drug-likeness (QED) is 0.627. The zero-order valence-electron chi connectivity index (χ0n) is 16.3. The maximum Gasteiger partial charge on any atom is 0.159 e. The predicted molar refractivity (Wildman–Crippen MR) is 109 cm³/mol. The molecule has 5 unspecified atom stereocenters. The van der Waals surface area contributed by atoms with Gasteiger partial charge in [0.05, 0.1) is 18.8 Å². The second kappa shape index (κ2) is 8.70. The summed E-state index contributed by atoms with van der Waals surface area (Å²) in [6, 6.07) is 7.41. The Bertz CT molecular complexity index is 859. The molecular formula is C19H25N5O4S. The summed E-state index contributed by atoms with van der Waals surface area (Å²) >= 11 is 1.43. The van der Waals surface area contributed by atoms with Crippen molar-refractivity contribution >= 4 is 16.9 Å². The van der Waals surface area contributed by atoms with Crippen LogP contribution < -0.4 is 10.1 Å². The van der Waals surface area contributed by atoms with Crippen molar-refractivity contribution in [3.8, 4) is 5.75 Å². The van der Waals surface area contributed by atoms with E-state index in [0.29, 0.717) is 18.8 Å². The van der Waals surface area contributed by atoms with Crippen molar-refractivity contribution in [3.63, 3.8) is 0 Å². The number of aromatic nitrogens is 3. The monoisotopic (exact) mass is 419 g/mol. The number of amidine groups is 1. The summed E-state index contributed by atoms with van der Waals surface area (Å²) in [7, 11) is 0. The molecule has 2 aliphatic heterocycles. The van der Waals surface area contributed by atoms with Crippen molar-refractivity contribution in [1.82, 2.24) is 20.3 Å². The van der Waals surface area contributed by atoms with E-state index < -0.39 is 18.3 Å². The molecule has 0 bridgehead atoms. The van der Waals surface area contributed by atoms with Gasteiger partial charge in [-0.25, -0.2) is 4.68 Å². The lowest BCUT2D eigenvalue weighted by molar-refractivity contribution is -0.160. The predicted octanol–water partition coefficient (Wildman–Crippen LogP) is 0.693. The van der Waals surface area contributed by atoms with Gasteiger partial charge < -0.3 is 25.0 Å². The largest absolute Gasteiger partial charge is 0.487 e. The lowest BCUT2D eigenvalue weighted by Crippen LogP contribution is -2.59. The number of thioether (sulfide) groups is 1. The summed E-state index contributed by atoms with van der Waals surface area (Å²) in [5.74, 6) is 0.764. The SMILES string of the molecule is CCN=C1NC2C(OC(Cn3cc(COc4ccc(C)cc4)nn3)C(O)C2O)S1. The van der Waals surface area contributed by atoms with Crippen LogP contribution in [0.3, 0.4) is 0 Å². The zero-order valence-corrected chi connectivity index (χ0v) is 17.1. The molecule has 29 heavy (non-hydrogen) atoms. The van der Waals surface area contributed by atoms with Crippen molar-refractivity contribution < 1.29 is 19.7 Å². The summed E-state index contributed by atoms with van der Waals surface area (Å²) < 4.78 is 13.3.